The molecule has 68 heavy (non-hydrogen) atoms. The molecule has 0 spiro atoms. The molecule has 1 atom stereocenters. The highest BCUT2D eigenvalue weighted by Crippen LogP contribution is 2.17. The van der Waals surface area contributed by atoms with Gasteiger partial charge >= 0.3 is 17.9 Å². The number of carbonyl (C=O) groups excluding carboxylic acids is 3. The van der Waals surface area contributed by atoms with Gasteiger partial charge in [0.15, 0.2) is 6.10 Å². The number of hydrogen-bond donors (Lipinski definition) is 0. The zero-order valence-electron chi connectivity index (χ0n) is 45.4. The summed E-state index contributed by atoms with van der Waals surface area (Å²) in [7, 11) is 0. The molecule has 0 amide bonds. The maximum Gasteiger partial charge on any atom is 0.306 e. The Kier molecular flexibility index (Phi) is 54.8. The van der Waals surface area contributed by atoms with E-state index in [9.17, 15) is 14.4 Å². The third-order valence-electron chi connectivity index (χ3n) is 13.1. The molecule has 0 aliphatic rings. The van der Waals surface area contributed by atoms with Crippen LogP contribution in [0.1, 0.15) is 310 Å². The summed E-state index contributed by atoms with van der Waals surface area (Å²) in [6, 6.07) is 0. The first-order chi connectivity index (χ1) is 33.5. The lowest BCUT2D eigenvalue weighted by Gasteiger charge is -2.18. The Balaban J connectivity index is 4.36. The van der Waals surface area contributed by atoms with Crippen LogP contribution in [0.2, 0.25) is 0 Å². The maximum atomic E-state index is 12.9. The SMILES string of the molecule is CC/C=C\C/C=C\C/C=C\CCCCCCCCC(=O)OC(COC(=O)CCCCCCC/C=C\CCCCCCCCC)COC(=O)CCCCCCCCCCCCCCCCCCCC. The predicted octanol–water partition coefficient (Wildman–Crippen LogP) is 19.8. The average molecular weight is 954 g/mol. The van der Waals surface area contributed by atoms with Gasteiger partial charge in [-0.05, 0) is 77.0 Å². The van der Waals surface area contributed by atoms with Gasteiger partial charge in [-0.2, -0.15) is 0 Å². The first kappa shape index (κ1) is 65.4. The van der Waals surface area contributed by atoms with Crippen LogP contribution < -0.4 is 0 Å². The van der Waals surface area contributed by atoms with Crippen LogP contribution in [0.25, 0.3) is 0 Å². The van der Waals surface area contributed by atoms with Gasteiger partial charge in [-0.25, -0.2) is 0 Å². The van der Waals surface area contributed by atoms with E-state index in [4.69, 9.17) is 14.2 Å². The minimum Gasteiger partial charge on any atom is -0.462 e. The van der Waals surface area contributed by atoms with Crippen LogP contribution >= 0.6 is 0 Å². The van der Waals surface area contributed by atoms with Gasteiger partial charge in [0.25, 0.3) is 0 Å². The molecule has 6 nitrogen and oxygen atoms in total. The van der Waals surface area contributed by atoms with Gasteiger partial charge in [0.05, 0.1) is 0 Å². The van der Waals surface area contributed by atoms with Gasteiger partial charge in [-0.15, -0.1) is 0 Å². The summed E-state index contributed by atoms with van der Waals surface area (Å²) < 4.78 is 16.9. The lowest BCUT2D eigenvalue weighted by Crippen LogP contribution is -2.30. The van der Waals surface area contributed by atoms with Crippen molar-refractivity contribution in [1.82, 2.24) is 0 Å². The first-order valence-electron chi connectivity index (χ1n) is 29.6. The highest BCUT2D eigenvalue weighted by molar-refractivity contribution is 5.71. The van der Waals surface area contributed by atoms with E-state index in [-0.39, 0.29) is 31.1 Å². The lowest BCUT2D eigenvalue weighted by molar-refractivity contribution is -0.167. The number of unbranched alkanes of at least 4 members (excludes halogenated alkanes) is 35. The summed E-state index contributed by atoms with van der Waals surface area (Å²) >= 11 is 0. The first-order valence-corrected chi connectivity index (χ1v) is 29.6. The van der Waals surface area contributed by atoms with E-state index in [1.807, 2.05) is 0 Å². The highest BCUT2D eigenvalue weighted by atomic mass is 16.6. The molecule has 0 aromatic rings. The van der Waals surface area contributed by atoms with Crippen LogP contribution in [0.15, 0.2) is 48.6 Å². The van der Waals surface area contributed by atoms with Crippen molar-refractivity contribution in [2.75, 3.05) is 13.2 Å². The van der Waals surface area contributed by atoms with Gasteiger partial charge in [-0.1, -0.05) is 262 Å². The Hall–Kier alpha value is -2.63. The molecule has 0 aromatic heterocycles. The van der Waals surface area contributed by atoms with Gasteiger partial charge in [-0.3, -0.25) is 14.4 Å². The van der Waals surface area contributed by atoms with Crippen molar-refractivity contribution in [3.8, 4) is 0 Å². The van der Waals surface area contributed by atoms with E-state index in [1.54, 1.807) is 0 Å². The zero-order valence-corrected chi connectivity index (χ0v) is 45.4. The molecule has 1 unspecified atom stereocenters. The molecule has 0 aromatic carbocycles. The van der Waals surface area contributed by atoms with Crippen molar-refractivity contribution in [3.63, 3.8) is 0 Å². The van der Waals surface area contributed by atoms with E-state index < -0.39 is 6.10 Å². The van der Waals surface area contributed by atoms with Crippen LogP contribution in [-0.2, 0) is 28.6 Å². The Morgan fingerprint density at radius 2 is 0.574 bits per heavy atom. The Morgan fingerprint density at radius 1 is 0.309 bits per heavy atom. The fourth-order valence-corrected chi connectivity index (χ4v) is 8.63. The second-order valence-electron chi connectivity index (χ2n) is 19.9. The summed E-state index contributed by atoms with van der Waals surface area (Å²) in [5.74, 6) is -0.883. The number of carbonyl (C=O) groups is 3. The highest BCUT2D eigenvalue weighted by Gasteiger charge is 2.19. The molecule has 0 rings (SSSR count). The molecule has 0 bridgehead atoms. The molecule has 0 aliphatic heterocycles. The molecule has 0 saturated heterocycles. The molecule has 0 heterocycles. The second kappa shape index (κ2) is 57.0. The molecule has 0 fully saturated rings. The van der Waals surface area contributed by atoms with E-state index in [1.165, 1.54) is 173 Å². The van der Waals surface area contributed by atoms with Gasteiger partial charge in [0, 0.05) is 19.3 Å². The summed E-state index contributed by atoms with van der Waals surface area (Å²) in [6.07, 6.45) is 69.6. The van der Waals surface area contributed by atoms with E-state index in [0.29, 0.717) is 19.3 Å². The molecule has 396 valence electrons. The third kappa shape index (κ3) is 54.3. The Bertz CT molecular complexity index is 1190. The Morgan fingerprint density at radius 3 is 0.912 bits per heavy atom. The molecular weight excluding hydrogens is 841 g/mol. The van der Waals surface area contributed by atoms with Crippen molar-refractivity contribution in [2.45, 2.75) is 316 Å². The fraction of sp³-hybridized carbons (Fsp3) is 0.823. The molecular formula is C62H112O6. The molecule has 6 heteroatoms. The van der Waals surface area contributed by atoms with Gasteiger partial charge in [0.1, 0.15) is 13.2 Å². The molecule has 0 saturated carbocycles. The minimum atomic E-state index is -0.781. The van der Waals surface area contributed by atoms with Crippen molar-refractivity contribution in [3.05, 3.63) is 48.6 Å². The van der Waals surface area contributed by atoms with Crippen LogP contribution in [0.3, 0.4) is 0 Å². The van der Waals surface area contributed by atoms with Crippen LogP contribution in [0, 0.1) is 0 Å². The van der Waals surface area contributed by atoms with Gasteiger partial charge < -0.3 is 14.2 Å². The van der Waals surface area contributed by atoms with Crippen molar-refractivity contribution < 1.29 is 28.6 Å². The Labute approximate surface area is 422 Å². The number of ether oxygens (including phenoxy) is 3. The number of esters is 3. The molecule has 0 aliphatic carbocycles. The number of hydrogen-bond acceptors (Lipinski definition) is 6. The van der Waals surface area contributed by atoms with E-state index in [0.717, 1.165) is 96.3 Å². The number of rotatable bonds is 54. The zero-order chi connectivity index (χ0) is 49.3. The molecule has 0 N–H and O–H groups in total. The third-order valence-corrected chi connectivity index (χ3v) is 13.1. The van der Waals surface area contributed by atoms with E-state index >= 15 is 0 Å². The van der Waals surface area contributed by atoms with Crippen molar-refractivity contribution in [2.24, 2.45) is 0 Å². The van der Waals surface area contributed by atoms with E-state index in [2.05, 4.69) is 69.4 Å². The summed E-state index contributed by atoms with van der Waals surface area (Å²) in [5, 5.41) is 0. The smallest absolute Gasteiger partial charge is 0.306 e. The monoisotopic (exact) mass is 953 g/mol. The number of allylic oxidation sites excluding steroid dienone is 8. The summed E-state index contributed by atoms with van der Waals surface area (Å²) in [6.45, 7) is 6.55. The fourth-order valence-electron chi connectivity index (χ4n) is 8.63. The second-order valence-corrected chi connectivity index (χ2v) is 19.9. The summed E-state index contributed by atoms with van der Waals surface area (Å²) in [5.41, 5.74) is 0. The predicted molar refractivity (Wildman–Crippen MR) is 293 cm³/mol. The standard InChI is InChI=1S/C62H112O6/c1-4-7-10-13-16-19-22-25-28-31-32-35-37-40-43-46-49-52-55-61(64)67-58-59(68-62(65)56-53-50-47-44-41-38-34-30-27-24-21-18-15-12-9-6-3)57-66-60(63)54-51-48-45-42-39-36-33-29-26-23-20-17-14-11-8-5-2/h9,12,18,21,27,29-30,33,59H,4-8,10-11,13-17,19-20,22-26,28,31-32,34-58H2,1-3H3/b12-9-,21-18-,30-27-,33-29-. The largest absolute Gasteiger partial charge is 0.462 e. The topological polar surface area (TPSA) is 78.9 Å². The maximum absolute atomic E-state index is 12.9. The van der Waals surface area contributed by atoms with Crippen molar-refractivity contribution in [1.29, 1.82) is 0 Å². The van der Waals surface area contributed by atoms with Crippen LogP contribution in [-0.4, -0.2) is 37.2 Å². The summed E-state index contributed by atoms with van der Waals surface area (Å²) in [4.78, 5) is 38.2. The average Bonchev–Trinajstić information content (AvgIpc) is 3.34. The molecule has 0 radical (unpaired) electrons. The van der Waals surface area contributed by atoms with Crippen LogP contribution in [0.5, 0.6) is 0 Å². The lowest BCUT2D eigenvalue weighted by atomic mass is 10.0. The normalized spacial score (nSPS) is 12.3. The van der Waals surface area contributed by atoms with Crippen molar-refractivity contribution >= 4 is 17.9 Å². The van der Waals surface area contributed by atoms with Crippen LogP contribution in [0.4, 0.5) is 0 Å². The van der Waals surface area contributed by atoms with Gasteiger partial charge in [0.2, 0.25) is 0 Å². The quantitative estimate of drug-likeness (QED) is 0.0262. The minimum absolute atomic E-state index is 0.0779.